The maximum absolute atomic E-state index is 10.8. The fourth-order valence-electron chi connectivity index (χ4n) is 4.22. The third-order valence-electron chi connectivity index (χ3n) is 5.72. The number of carbonyl (C=O) groups excluding carboxylic acids is 1. The Morgan fingerprint density at radius 3 is 2.63 bits per heavy atom. The molecule has 1 aliphatic carbocycles. The molecule has 0 bridgehead atoms. The van der Waals surface area contributed by atoms with E-state index in [1.807, 2.05) is 24.3 Å². The number of nitrogens with one attached hydrogen (secondary N) is 2. The molecule has 1 aliphatic heterocycles. The van der Waals surface area contributed by atoms with Crippen LogP contribution in [0.5, 0.6) is 5.75 Å². The van der Waals surface area contributed by atoms with Crippen LogP contribution in [0.1, 0.15) is 44.6 Å². The molecule has 0 radical (unpaired) electrons. The van der Waals surface area contributed by atoms with Gasteiger partial charge in [-0.25, -0.2) is 0 Å². The molecule has 168 valence electrons. The summed E-state index contributed by atoms with van der Waals surface area (Å²) in [6.07, 6.45) is 7.56. The average Bonchev–Trinajstić information content (AvgIpc) is 3.39. The summed E-state index contributed by atoms with van der Waals surface area (Å²) in [4.78, 5) is 18.2. The van der Waals surface area contributed by atoms with Crippen LogP contribution in [0.25, 0.3) is 0 Å². The van der Waals surface area contributed by atoms with Crippen LogP contribution in [-0.2, 0) is 11.2 Å². The molecule has 1 aromatic rings. The van der Waals surface area contributed by atoms with Crippen molar-refractivity contribution < 1.29 is 9.53 Å². The lowest BCUT2D eigenvalue weighted by Gasteiger charge is -2.24. The van der Waals surface area contributed by atoms with Gasteiger partial charge in [0.05, 0.1) is 0 Å². The van der Waals surface area contributed by atoms with Crippen molar-refractivity contribution in [2.45, 2.75) is 57.5 Å². The lowest BCUT2D eigenvalue weighted by atomic mass is 10.1. The number of aliphatic imine (C=N–C) groups is 1. The van der Waals surface area contributed by atoms with Crippen LogP contribution in [0.15, 0.2) is 29.3 Å². The van der Waals surface area contributed by atoms with Gasteiger partial charge in [0, 0.05) is 38.3 Å². The Labute approximate surface area is 197 Å². The zero-order valence-electron chi connectivity index (χ0n) is 17.9. The van der Waals surface area contributed by atoms with Crippen LogP contribution in [0.4, 0.5) is 0 Å². The highest BCUT2D eigenvalue weighted by molar-refractivity contribution is 14.0. The Balaban J connectivity index is 0.00000320. The minimum Gasteiger partial charge on any atom is -0.484 e. The Bertz CT molecular complexity index is 677. The van der Waals surface area contributed by atoms with Crippen molar-refractivity contribution in [2.24, 2.45) is 10.7 Å². The largest absolute Gasteiger partial charge is 0.484 e. The summed E-state index contributed by atoms with van der Waals surface area (Å²) in [5, 5.41) is 7.00. The van der Waals surface area contributed by atoms with Crippen LogP contribution in [0.3, 0.4) is 0 Å². The van der Waals surface area contributed by atoms with Crippen LogP contribution in [0.2, 0.25) is 0 Å². The predicted molar refractivity (Wildman–Crippen MR) is 132 cm³/mol. The molecule has 8 heteroatoms. The molecule has 3 rings (SSSR count). The van der Waals surface area contributed by atoms with Crippen molar-refractivity contribution in [3.05, 3.63) is 29.8 Å². The third-order valence-corrected chi connectivity index (χ3v) is 5.72. The third kappa shape index (κ3) is 7.94. The maximum Gasteiger partial charge on any atom is 0.255 e. The monoisotopic (exact) mass is 529 g/mol. The van der Waals surface area contributed by atoms with Gasteiger partial charge >= 0.3 is 0 Å². The number of benzene rings is 1. The second-order valence-electron chi connectivity index (χ2n) is 7.97. The maximum atomic E-state index is 10.8. The summed E-state index contributed by atoms with van der Waals surface area (Å²) in [5.41, 5.74) is 6.28. The number of rotatable bonds is 9. The number of ether oxygens (including phenoxy) is 1. The highest BCUT2D eigenvalue weighted by atomic mass is 127. The first-order valence-corrected chi connectivity index (χ1v) is 10.9. The minimum atomic E-state index is -0.472. The number of guanidine groups is 1. The molecule has 1 saturated heterocycles. The van der Waals surface area contributed by atoms with E-state index in [0.717, 1.165) is 38.1 Å². The van der Waals surface area contributed by atoms with Crippen molar-refractivity contribution in [1.82, 2.24) is 15.5 Å². The number of hydrogen-bond donors (Lipinski definition) is 3. The van der Waals surface area contributed by atoms with Gasteiger partial charge in [-0.1, -0.05) is 25.0 Å². The Morgan fingerprint density at radius 1 is 1.23 bits per heavy atom. The molecule has 1 heterocycles. The van der Waals surface area contributed by atoms with Gasteiger partial charge in [-0.3, -0.25) is 14.7 Å². The second kappa shape index (κ2) is 13.0. The SMILES string of the molecule is CCNC(=NCCc1ccc(OCC(N)=O)cc1)NC1CCN(C2CCCC2)C1.I. The zero-order chi connectivity index (χ0) is 20.5. The number of likely N-dealkylation sites (tertiary alicyclic amines) is 1. The van der Waals surface area contributed by atoms with Gasteiger partial charge in [0.1, 0.15) is 5.75 Å². The molecule has 1 atom stereocenters. The van der Waals surface area contributed by atoms with Crippen molar-refractivity contribution in [2.75, 3.05) is 32.8 Å². The van der Waals surface area contributed by atoms with Gasteiger partial charge < -0.3 is 21.1 Å². The number of primary amides is 1. The van der Waals surface area contributed by atoms with E-state index in [2.05, 4.69) is 22.5 Å². The molecule has 30 heavy (non-hydrogen) atoms. The molecular weight excluding hydrogens is 493 g/mol. The molecule has 1 saturated carbocycles. The first-order chi connectivity index (χ1) is 14.1. The van der Waals surface area contributed by atoms with E-state index >= 15 is 0 Å². The lowest BCUT2D eigenvalue weighted by molar-refractivity contribution is -0.119. The van der Waals surface area contributed by atoms with Gasteiger partial charge in [-0.2, -0.15) is 0 Å². The fraction of sp³-hybridized carbons (Fsp3) is 0.636. The van der Waals surface area contributed by atoms with Crippen molar-refractivity contribution >= 4 is 35.8 Å². The molecule has 2 aliphatic rings. The Hall–Kier alpha value is -1.55. The van der Waals surface area contributed by atoms with Gasteiger partial charge in [0.2, 0.25) is 0 Å². The molecule has 7 nitrogen and oxygen atoms in total. The average molecular weight is 529 g/mol. The van der Waals surface area contributed by atoms with Crippen LogP contribution >= 0.6 is 24.0 Å². The quantitative estimate of drug-likeness (QED) is 0.260. The van der Waals surface area contributed by atoms with Gasteiger partial charge in [-0.05, 0) is 50.3 Å². The number of nitrogens with zero attached hydrogens (tertiary/aromatic N) is 2. The van der Waals surface area contributed by atoms with E-state index in [4.69, 9.17) is 15.5 Å². The number of amides is 1. The van der Waals surface area contributed by atoms with Crippen molar-refractivity contribution in [1.29, 1.82) is 0 Å². The van der Waals surface area contributed by atoms with Crippen LogP contribution in [0, 0.1) is 0 Å². The molecule has 1 amide bonds. The number of nitrogens with two attached hydrogens (primary N) is 1. The summed E-state index contributed by atoms with van der Waals surface area (Å²) >= 11 is 0. The predicted octanol–water partition coefficient (Wildman–Crippen LogP) is 2.28. The molecular formula is C22H36IN5O2. The van der Waals surface area contributed by atoms with E-state index < -0.39 is 5.91 Å². The van der Waals surface area contributed by atoms with Gasteiger partial charge in [-0.15, -0.1) is 24.0 Å². The fourth-order valence-corrected chi connectivity index (χ4v) is 4.22. The highest BCUT2D eigenvalue weighted by Crippen LogP contribution is 2.26. The molecule has 1 aromatic carbocycles. The number of halogens is 1. The van der Waals surface area contributed by atoms with Gasteiger partial charge in [0.25, 0.3) is 5.91 Å². The molecule has 0 aromatic heterocycles. The first kappa shape index (κ1) is 24.7. The van der Waals surface area contributed by atoms with E-state index in [1.165, 1.54) is 44.2 Å². The van der Waals surface area contributed by atoms with Crippen molar-refractivity contribution in [3.8, 4) is 5.75 Å². The Kier molecular flexibility index (Phi) is 10.7. The lowest BCUT2D eigenvalue weighted by Crippen LogP contribution is -2.45. The molecule has 2 fully saturated rings. The summed E-state index contributed by atoms with van der Waals surface area (Å²) in [5.74, 6) is 1.09. The van der Waals surface area contributed by atoms with Gasteiger partial charge in [0.15, 0.2) is 12.6 Å². The Morgan fingerprint density at radius 2 is 1.97 bits per heavy atom. The summed E-state index contributed by atoms with van der Waals surface area (Å²) in [6, 6.07) is 9.01. The summed E-state index contributed by atoms with van der Waals surface area (Å²) in [6.45, 7) is 5.91. The first-order valence-electron chi connectivity index (χ1n) is 10.9. The summed E-state index contributed by atoms with van der Waals surface area (Å²) < 4.78 is 5.29. The standard InChI is InChI=1S/C22H35N5O2.HI/c1-2-24-22(26-18-12-14-27(15-18)19-5-3-4-6-19)25-13-11-17-7-9-20(10-8-17)29-16-21(23)28;/h7-10,18-19H,2-6,11-16H2,1H3,(H2,23,28)(H2,24,25,26);1H. The normalized spacial score (nSPS) is 20.0. The number of carbonyl (C=O) groups is 1. The van der Waals surface area contributed by atoms with E-state index in [0.29, 0.717) is 11.8 Å². The van der Waals surface area contributed by atoms with E-state index in [-0.39, 0.29) is 30.6 Å². The van der Waals surface area contributed by atoms with Crippen molar-refractivity contribution in [3.63, 3.8) is 0 Å². The second-order valence-corrected chi connectivity index (χ2v) is 7.97. The van der Waals surface area contributed by atoms with Crippen LogP contribution in [-0.4, -0.2) is 61.6 Å². The van der Waals surface area contributed by atoms with E-state index in [9.17, 15) is 4.79 Å². The topological polar surface area (TPSA) is 92.0 Å². The molecule has 1 unspecified atom stereocenters. The number of hydrogen-bond acceptors (Lipinski definition) is 4. The molecule has 4 N–H and O–H groups in total. The smallest absolute Gasteiger partial charge is 0.255 e. The van der Waals surface area contributed by atoms with E-state index in [1.54, 1.807) is 0 Å². The summed E-state index contributed by atoms with van der Waals surface area (Å²) in [7, 11) is 0. The highest BCUT2D eigenvalue weighted by Gasteiger charge is 2.30. The van der Waals surface area contributed by atoms with Crippen LogP contribution < -0.4 is 21.1 Å². The zero-order valence-corrected chi connectivity index (χ0v) is 20.3. The molecule has 0 spiro atoms. The minimum absolute atomic E-state index is 0.